The SMILES string of the molecule is Cc1oc(C(=O)O)cc1S(=O)(=O)N(C)CC(C)O. The number of aliphatic hydroxyl groups is 1. The molecule has 102 valence electrons. The molecule has 0 saturated heterocycles. The van der Waals surface area contributed by atoms with Crippen molar-refractivity contribution in [3.05, 3.63) is 17.6 Å². The summed E-state index contributed by atoms with van der Waals surface area (Å²) in [5.74, 6) is -1.76. The van der Waals surface area contributed by atoms with Gasteiger partial charge in [0.25, 0.3) is 0 Å². The Hall–Kier alpha value is -1.38. The number of carboxylic acids is 1. The summed E-state index contributed by atoms with van der Waals surface area (Å²) in [5.41, 5.74) is 0. The first-order valence-corrected chi connectivity index (χ1v) is 6.58. The monoisotopic (exact) mass is 277 g/mol. The quantitative estimate of drug-likeness (QED) is 0.800. The van der Waals surface area contributed by atoms with Crippen LogP contribution in [0.5, 0.6) is 0 Å². The second-order valence-corrected chi connectivity index (χ2v) is 5.98. The van der Waals surface area contributed by atoms with Gasteiger partial charge in [-0.3, -0.25) is 0 Å². The predicted octanol–water partition coefficient (Wildman–Crippen LogP) is 0.288. The third-order valence-corrected chi connectivity index (χ3v) is 4.22. The zero-order valence-electron chi connectivity index (χ0n) is 10.2. The summed E-state index contributed by atoms with van der Waals surface area (Å²) in [6, 6.07) is 0.964. The van der Waals surface area contributed by atoms with E-state index in [-0.39, 0.29) is 17.2 Å². The van der Waals surface area contributed by atoms with Crippen molar-refractivity contribution in [2.75, 3.05) is 13.6 Å². The fraction of sp³-hybridized carbons (Fsp3) is 0.500. The Morgan fingerprint density at radius 1 is 1.56 bits per heavy atom. The third-order valence-electron chi connectivity index (χ3n) is 2.29. The lowest BCUT2D eigenvalue weighted by Gasteiger charge is -2.17. The molecule has 1 aromatic heterocycles. The Morgan fingerprint density at radius 2 is 2.11 bits per heavy atom. The van der Waals surface area contributed by atoms with Crippen LogP contribution in [0.4, 0.5) is 0 Å². The molecule has 0 aliphatic heterocycles. The first-order chi connectivity index (χ1) is 8.16. The summed E-state index contributed by atoms with van der Waals surface area (Å²) in [5, 5.41) is 17.9. The summed E-state index contributed by atoms with van der Waals surface area (Å²) in [6.45, 7) is 2.74. The maximum atomic E-state index is 12.1. The topological polar surface area (TPSA) is 108 Å². The Balaban J connectivity index is 3.16. The summed E-state index contributed by atoms with van der Waals surface area (Å²) < 4.78 is 30.0. The Labute approximate surface area is 105 Å². The number of aliphatic hydroxyl groups excluding tert-OH is 1. The number of hydrogen-bond donors (Lipinski definition) is 2. The highest BCUT2D eigenvalue weighted by Crippen LogP contribution is 2.23. The van der Waals surface area contributed by atoms with Crippen LogP contribution in [-0.2, 0) is 10.0 Å². The van der Waals surface area contributed by atoms with Gasteiger partial charge in [-0.05, 0) is 13.8 Å². The van der Waals surface area contributed by atoms with Crippen LogP contribution in [0, 0.1) is 6.92 Å². The van der Waals surface area contributed by atoms with Gasteiger partial charge in [-0.25, -0.2) is 13.2 Å². The van der Waals surface area contributed by atoms with Gasteiger partial charge in [0, 0.05) is 19.7 Å². The Kier molecular flexibility index (Phi) is 4.15. The standard InChI is InChI=1S/C10H15NO6S/c1-6(12)5-11(3)18(15,16)9-4-8(10(13)14)17-7(9)2/h4,6,12H,5H2,1-3H3,(H,13,14). The minimum absolute atomic E-state index is 0.00448. The number of carboxylic acid groups (broad SMARTS) is 1. The lowest BCUT2D eigenvalue weighted by Crippen LogP contribution is -2.33. The van der Waals surface area contributed by atoms with Gasteiger partial charge in [0.15, 0.2) is 0 Å². The number of aryl methyl sites for hydroxylation is 1. The van der Waals surface area contributed by atoms with Gasteiger partial charge >= 0.3 is 5.97 Å². The molecule has 0 radical (unpaired) electrons. The number of hydrogen-bond acceptors (Lipinski definition) is 5. The highest BCUT2D eigenvalue weighted by atomic mass is 32.2. The molecule has 1 atom stereocenters. The largest absolute Gasteiger partial charge is 0.475 e. The first-order valence-electron chi connectivity index (χ1n) is 5.14. The van der Waals surface area contributed by atoms with Crippen LogP contribution in [0.1, 0.15) is 23.2 Å². The highest BCUT2D eigenvalue weighted by molar-refractivity contribution is 7.89. The van der Waals surface area contributed by atoms with Crippen molar-refractivity contribution >= 4 is 16.0 Å². The molecule has 0 amide bonds. The Bertz CT molecular complexity index is 545. The van der Waals surface area contributed by atoms with Crippen LogP contribution in [0.25, 0.3) is 0 Å². The van der Waals surface area contributed by atoms with Crippen LogP contribution >= 0.6 is 0 Å². The number of sulfonamides is 1. The number of aromatic carboxylic acids is 1. The number of furan rings is 1. The van der Waals surface area contributed by atoms with E-state index in [9.17, 15) is 18.3 Å². The number of nitrogens with zero attached hydrogens (tertiary/aromatic N) is 1. The zero-order chi connectivity index (χ0) is 14.1. The molecule has 0 saturated carbocycles. The van der Waals surface area contributed by atoms with Crippen molar-refractivity contribution in [3.63, 3.8) is 0 Å². The van der Waals surface area contributed by atoms with Gasteiger partial charge in [-0.15, -0.1) is 0 Å². The second-order valence-electron chi connectivity index (χ2n) is 3.97. The first kappa shape index (κ1) is 14.7. The molecule has 2 N–H and O–H groups in total. The van der Waals surface area contributed by atoms with E-state index in [1.165, 1.54) is 20.9 Å². The van der Waals surface area contributed by atoms with Crippen molar-refractivity contribution < 1.29 is 27.8 Å². The predicted molar refractivity (Wildman–Crippen MR) is 61.9 cm³/mol. The molecule has 0 aromatic carbocycles. The van der Waals surface area contributed by atoms with E-state index in [0.717, 1.165) is 10.4 Å². The van der Waals surface area contributed by atoms with E-state index in [0.29, 0.717) is 0 Å². The number of carbonyl (C=O) groups is 1. The molecule has 1 rings (SSSR count). The van der Waals surface area contributed by atoms with E-state index in [1.54, 1.807) is 0 Å². The minimum Gasteiger partial charge on any atom is -0.475 e. The minimum atomic E-state index is -3.86. The molecule has 18 heavy (non-hydrogen) atoms. The van der Waals surface area contributed by atoms with Crippen molar-refractivity contribution in [2.24, 2.45) is 0 Å². The third kappa shape index (κ3) is 2.89. The molecular weight excluding hydrogens is 262 g/mol. The highest BCUT2D eigenvalue weighted by Gasteiger charge is 2.28. The normalized spacial score (nSPS) is 13.8. The van der Waals surface area contributed by atoms with Crippen molar-refractivity contribution in [2.45, 2.75) is 24.8 Å². The lowest BCUT2D eigenvalue weighted by atomic mass is 10.4. The molecule has 8 heteroatoms. The average Bonchev–Trinajstić information content (AvgIpc) is 2.59. The average molecular weight is 277 g/mol. The fourth-order valence-corrected chi connectivity index (χ4v) is 2.87. The summed E-state index contributed by atoms with van der Waals surface area (Å²) in [4.78, 5) is 10.5. The van der Waals surface area contributed by atoms with Gasteiger partial charge < -0.3 is 14.6 Å². The lowest BCUT2D eigenvalue weighted by molar-refractivity contribution is 0.0661. The Morgan fingerprint density at radius 3 is 2.50 bits per heavy atom. The van der Waals surface area contributed by atoms with Crippen molar-refractivity contribution in [1.29, 1.82) is 0 Å². The van der Waals surface area contributed by atoms with E-state index in [2.05, 4.69) is 0 Å². The van der Waals surface area contributed by atoms with Crippen LogP contribution < -0.4 is 0 Å². The second kappa shape index (κ2) is 5.09. The van der Waals surface area contributed by atoms with E-state index >= 15 is 0 Å². The number of rotatable bonds is 5. The summed E-state index contributed by atoms with van der Waals surface area (Å²) in [7, 11) is -2.56. The molecular formula is C10H15NO6S. The molecule has 0 aliphatic rings. The van der Waals surface area contributed by atoms with Crippen molar-refractivity contribution in [1.82, 2.24) is 4.31 Å². The van der Waals surface area contributed by atoms with E-state index < -0.39 is 27.9 Å². The van der Waals surface area contributed by atoms with E-state index in [4.69, 9.17) is 9.52 Å². The van der Waals surface area contributed by atoms with Gasteiger partial charge in [0.1, 0.15) is 10.7 Å². The van der Waals surface area contributed by atoms with Crippen LogP contribution in [0.15, 0.2) is 15.4 Å². The molecule has 0 spiro atoms. The zero-order valence-corrected chi connectivity index (χ0v) is 11.1. The molecule has 1 heterocycles. The number of likely N-dealkylation sites (N-methyl/N-ethyl adjacent to an activating group) is 1. The molecule has 1 unspecified atom stereocenters. The fourth-order valence-electron chi connectivity index (χ4n) is 1.46. The van der Waals surface area contributed by atoms with Crippen LogP contribution in [0.2, 0.25) is 0 Å². The van der Waals surface area contributed by atoms with Crippen molar-refractivity contribution in [3.8, 4) is 0 Å². The maximum absolute atomic E-state index is 12.1. The smallest absolute Gasteiger partial charge is 0.371 e. The van der Waals surface area contributed by atoms with Gasteiger partial charge in [0.2, 0.25) is 15.8 Å². The van der Waals surface area contributed by atoms with E-state index in [1.807, 2.05) is 0 Å². The molecule has 1 aromatic rings. The summed E-state index contributed by atoms with van der Waals surface area (Å²) >= 11 is 0. The molecule has 0 bridgehead atoms. The van der Waals surface area contributed by atoms with Crippen LogP contribution in [0.3, 0.4) is 0 Å². The maximum Gasteiger partial charge on any atom is 0.371 e. The molecule has 7 nitrogen and oxygen atoms in total. The molecule has 0 aliphatic carbocycles. The van der Waals surface area contributed by atoms with Gasteiger partial charge in [0.05, 0.1) is 6.10 Å². The van der Waals surface area contributed by atoms with Gasteiger partial charge in [-0.2, -0.15) is 4.31 Å². The molecule has 0 fully saturated rings. The summed E-state index contributed by atoms with van der Waals surface area (Å²) in [6.07, 6.45) is -0.823. The van der Waals surface area contributed by atoms with Gasteiger partial charge in [-0.1, -0.05) is 0 Å². The van der Waals surface area contributed by atoms with Crippen LogP contribution in [-0.4, -0.2) is 48.6 Å².